The van der Waals surface area contributed by atoms with Crippen LogP contribution in [0.15, 0.2) is 48.5 Å². The summed E-state index contributed by atoms with van der Waals surface area (Å²) in [5, 5.41) is 2.43. The Morgan fingerprint density at radius 1 is 1.14 bits per heavy atom. The Hall–Kier alpha value is -2.69. The van der Waals surface area contributed by atoms with Gasteiger partial charge in [-0.1, -0.05) is 19.1 Å². The molecular weight excluding hydrogens is 285 g/mol. The van der Waals surface area contributed by atoms with Crippen molar-refractivity contribution in [3.63, 3.8) is 0 Å². The normalized spacial score (nSPS) is 10.1. The van der Waals surface area contributed by atoms with Gasteiger partial charge in [0.15, 0.2) is 0 Å². The summed E-state index contributed by atoms with van der Waals surface area (Å²) in [7, 11) is 0. The van der Waals surface area contributed by atoms with Crippen molar-refractivity contribution in [1.29, 1.82) is 0 Å². The maximum Gasteiger partial charge on any atom is 0.330 e. The fraction of sp³-hybridized carbons (Fsp3) is 0.176. The molecule has 0 atom stereocenters. The molecule has 0 radical (unpaired) electrons. The number of halogens is 1. The van der Waals surface area contributed by atoms with E-state index < -0.39 is 17.7 Å². The van der Waals surface area contributed by atoms with Gasteiger partial charge in [-0.05, 0) is 48.4 Å². The number of aryl methyl sites for hydroxylation is 1. The molecule has 22 heavy (non-hydrogen) atoms. The van der Waals surface area contributed by atoms with Crippen molar-refractivity contribution < 1.29 is 18.7 Å². The first-order valence-corrected chi connectivity index (χ1v) is 6.92. The summed E-state index contributed by atoms with van der Waals surface area (Å²) in [6, 6.07) is 12.3. The monoisotopic (exact) mass is 301 g/mol. The quantitative estimate of drug-likeness (QED) is 0.682. The van der Waals surface area contributed by atoms with Crippen LogP contribution in [-0.2, 0) is 11.2 Å². The molecule has 0 saturated heterocycles. The van der Waals surface area contributed by atoms with Gasteiger partial charge in [-0.25, -0.2) is 9.18 Å². The van der Waals surface area contributed by atoms with Gasteiger partial charge in [-0.3, -0.25) is 4.79 Å². The van der Waals surface area contributed by atoms with Crippen molar-refractivity contribution >= 4 is 11.9 Å². The molecule has 4 nitrogen and oxygen atoms in total. The average molecular weight is 301 g/mol. The zero-order valence-corrected chi connectivity index (χ0v) is 12.1. The van der Waals surface area contributed by atoms with E-state index in [0.717, 1.165) is 12.0 Å². The van der Waals surface area contributed by atoms with Crippen LogP contribution in [0.25, 0.3) is 0 Å². The van der Waals surface area contributed by atoms with Crippen LogP contribution in [0.1, 0.15) is 22.8 Å². The van der Waals surface area contributed by atoms with E-state index in [-0.39, 0.29) is 12.1 Å². The lowest BCUT2D eigenvalue weighted by molar-refractivity contribution is -0.133. The fourth-order valence-electron chi connectivity index (χ4n) is 1.85. The summed E-state index contributed by atoms with van der Waals surface area (Å²) in [6.45, 7) is 1.75. The Morgan fingerprint density at radius 2 is 1.86 bits per heavy atom. The highest BCUT2D eigenvalue weighted by Gasteiger charge is 2.10. The fourth-order valence-corrected chi connectivity index (χ4v) is 1.85. The molecule has 2 rings (SSSR count). The van der Waals surface area contributed by atoms with E-state index >= 15 is 0 Å². The predicted octanol–water partition coefficient (Wildman–Crippen LogP) is 2.72. The van der Waals surface area contributed by atoms with Crippen LogP contribution in [0.2, 0.25) is 0 Å². The van der Waals surface area contributed by atoms with Gasteiger partial charge in [0, 0.05) is 5.56 Å². The first-order valence-electron chi connectivity index (χ1n) is 6.92. The van der Waals surface area contributed by atoms with E-state index in [0.29, 0.717) is 5.75 Å². The number of ether oxygens (including phenoxy) is 1. The number of nitrogens with one attached hydrogen (secondary N) is 1. The van der Waals surface area contributed by atoms with Gasteiger partial charge in [-0.2, -0.15) is 0 Å². The molecule has 5 heteroatoms. The minimum atomic E-state index is -0.566. The lowest BCUT2D eigenvalue weighted by Gasteiger charge is -2.07. The van der Waals surface area contributed by atoms with Crippen molar-refractivity contribution in [3.05, 3.63) is 65.5 Å². The number of hydrogen-bond acceptors (Lipinski definition) is 3. The maximum atomic E-state index is 12.8. The topological polar surface area (TPSA) is 55.4 Å². The minimum Gasteiger partial charge on any atom is -0.425 e. The van der Waals surface area contributed by atoms with Crippen LogP contribution >= 0.6 is 0 Å². The van der Waals surface area contributed by atoms with Crippen molar-refractivity contribution in [2.24, 2.45) is 0 Å². The van der Waals surface area contributed by atoms with E-state index in [9.17, 15) is 14.0 Å². The van der Waals surface area contributed by atoms with Crippen molar-refractivity contribution in [1.82, 2.24) is 5.32 Å². The molecular formula is C17H16FNO3. The number of amides is 1. The van der Waals surface area contributed by atoms with Gasteiger partial charge in [0.05, 0.1) is 0 Å². The molecule has 1 amide bonds. The highest BCUT2D eigenvalue weighted by molar-refractivity contribution is 5.96. The average Bonchev–Trinajstić information content (AvgIpc) is 2.53. The first-order chi connectivity index (χ1) is 10.6. The summed E-state index contributed by atoms with van der Waals surface area (Å²) in [5.74, 6) is -1.00. The van der Waals surface area contributed by atoms with Gasteiger partial charge in [0.2, 0.25) is 0 Å². The molecule has 0 bridgehead atoms. The van der Waals surface area contributed by atoms with Crippen molar-refractivity contribution in [3.8, 4) is 5.75 Å². The van der Waals surface area contributed by atoms with Crippen molar-refractivity contribution in [2.45, 2.75) is 13.3 Å². The Labute approximate surface area is 127 Å². The zero-order valence-electron chi connectivity index (χ0n) is 12.1. The molecule has 114 valence electrons. The van der Waals surface area contributed by atoms with Gasteiger partial charge >= 0.3 is 5.97 Å². The van der Waals surface area contributed by atoms with Crippen LogP contribution in [0, 0.1) is 5.82 Å². The van der Waals surface area contributed by atoms with Crippen molar-refractivity contribution in [2.75, 3.05) is 6.54 Å². The first kappa shape index (κ1) is 15.7. The Bertz CT molecular complexity index is 668. The summed E-state index contributed by atoms with van der Waals surface area (Å²) < 4.78 is 17.9. The summed E-state index contributed by atoms with van der Waals surface area (Å²) in [6.07, 6.45) is 0.840. The van der Waals surface area contributed by atoms with E-state index in [1.165, 1.54) is 24.3 Å². The molecule has 0 aliphatic heterocycles. The molecule has 0 saturated carbocycles. The van der Waals surface area contributed by atoms with E-state index in [1.54, 1.807) is 18.2 Å². The zero-order chi connectivity index (χ0) is 15.9. The second-order valence-corrected chi connectivity index (χ2v) is 4.66. The molecule has 0 aliphatic carbocycles. The Balaban J connectivity index is 1.87. The predicted molar refractivity (Wildman–Crippen MR) is 80.2 cm³/mol. The van der Waals surface area contributed by atoms with Crippen LogP contribution in [0.4, 0.5) is 4.39 Å². The highest BCUT2D eigenvalue weighted by Crippen LogP contribution is 2.13. The van der Waals surface area contributed by atoms with Gasteiger partial charge in [-0.15, -0.1) is 0 Å². The van der Waals surface area contributed by atoms with E-state index in [4.69, 9.17) is 4.74 Å². The molecule has 0 aliphatic rings. The smallest absolute Gasteiger partial charge is 0.330 e. The van der Waals surface area contributed by atoms with Gasteiger partial charge < -0.3 is 10.1 Å². The molecule has 2 aromatic rings. The second kappa shape index (κ2) is 7.36. The highest BCUT2D eigenvalue weighted by atomic mass is 19.1. The lowest BCUT2D eigenvalue weighted by atomic mass is 10.2. The molecule has 0 unspecified atom stereocenters. The maximum absolute atomic E-state index is 12.8. The molecule has 0 aromatic heterocycles. The molecule has 1 N–H and O–H groups in total. The second-order valence-electron chi connectivity index (χ2n) is 4.66. The molecule has 0 fully saturated rings. The summed E-state index contributed by atoms with van der Waals surface area (Å²) >= 11 is 0. The third kappa shape index (κ3) is 4.41. The molecule has 2 aromatic carbocycles. The van der Waals surface area contributed by atoms with Gasteiger partial charge in [0.25, 0.3) is 5.91 Å². The number of rotatable bonds is 5. The lowest BCUT2D eigenvalue weighted by Crippen LogP contribution is -2.31. The Morgan fingerprint density at radius 3 is 2.55 bits per heavy atom. The molecule has 0 heterocycles. The largest absolute Gasteiger partial charge is 0.425 e. The number of benzene rings is 2. The van der Waals surface area contributed by atoms with Crippen LogP contribution in [-0.4, -0.2) is 18.4 Å². The van der Waals surface area contributed by atoms with E-state index in [1.807, 2.05) is 13.0 Å². The summed E-state index contributed by atoms with van der Waals surface area (Å²) in [5.41, 5.74) is 1.34. The minimum absolute atomic E-state index is 0.257. The number of hydrogen-bond donors (Lipinski definition) is 1. The number of esters is 1. The molecule has 0 spiro atoms. The van der Waals surface area contributed by atoms with Crippen LogP contribution in [0.5, 0.6) is 5.75 Å². The third-order valence-electron chi connectivity index (χ3n) is 3.04. The number of carbonyl (C=O) groups is 2. The number of carbonyl (C=O) groups excluding carboxylic acids is 2. The van der Waals surface area contributed by atoms with E-state index in [2.05, 4.69) is 5.32 Å². The third-order valence-corrected chi connectivity index (χ3v) is 3.04. The SMILES string of the molecule is CCc1cccc(OC(=O)CNC(=O)c2ccc(F)cc2)c1. The standard InChI is InChI=1S/C17H16FNO3/c1-2-12-4-3-5-15(10-12)22-16(20)11-19-17(21)13-6-8-14(18)9-7-13/h3-10H,2,11H2,1H3,(H,19,21). The van der Waals surface area contributed by atoms with Gasteiger partial charge in [0.1, 0.15) is 18.1 Å². The van der Waals surface area contributed by atoms with Crippen LogP contribution in [0.3, 0.4) is 0 Å². The van der Waals surface area contributed by atoms with Crippen LogP contribution < -0.4 is 10.1 Å². The summed E-state index contributed by atoms with van der Waals surface area (Å²) in [4.78, 5) is 23.5. The Kier molecular flexibility index (Phi) is 5.25.